The number of amides is 1. The van der Waals surface area contributed by atoms with Crippen LogP contribution in [0.3, 0.4) is 0 Å². The number of ether oxygens (including phenoxy) is 5. The molecule has 0 radical (unpaired) electrons. The molecule has 1 amide bonds. The van der Waals surface area contributed by atoms with E-state index in [1.54, 1.807) is 38.5 Å². The number of hydrogen-bond donors (Lipinski definition) is 0. The molecule has 1 fully saturated rings. The molecule has 8 nitrogen and oxygen atoms in total. The standard InChI is InChI=1S/C25H34N2O6/c1-18(2)12-23-25(33-17-30-4,24(28)27(23)16-29-3)14-20-13-21(10-11-26-20)32-15-19-8-6-7-9-22(19)31-5/h6-11,13,18,23H,12,14-17H2,1-5H3. The van der Waals surface area contributed by atoms with Crippen molar-refractivity contribution in [3.63, 3.8) is 0 Å². The van der Waals surface area contributed by atoms with Crippen molar-refractivity contribution in [1.82, 2.24) is 9.88 Å². The molecular formula is C25H34N2O6. The number of pyridine rings is 1. The summed E-state index contributed by atoms with van der Waals surface area (Å²) in [5, 5.41) is 0. The second-order valence-corrected chi connectivity index (χ2v) is 8.54. The Kier molecular flexibility index (Phi) is 8.66. The molecule has 8 heteroatoms. The van der Waals surface area contributed by atoms with Crippen LogP contribution in [0.15, 0.2) is 42.6 Å². The van der Waals surface area contributed by atoms with Gasteiger partial charge in [-0.2, -0.15) is 0 Å². The topological polar surface area (TPSA) is 79.3 Å². The van der Waals surface area contributed by atoms with Crippen molar-refractivity contribution in [3.8, 4) is 11.5 Å². The first-order valence-corrected chi connectivity index (χ1v) is 11.1. The van der Waals surface area contributed by atoms with Crippen LogP contribution in [0.5, 0.6) is 11.5 Å². The minimum atomic E-state index is -1.05. The first-order valence-electron chi connectivity index (χ1n) is 11.1. The molecular weight excluding hydrogens is 424 g/mol. The minimum Gasteiger partial charge on any atom is -0.496 e. The zero-order chi connectivity index (χ0) is 23.8. The monoisotopic (exact) mass is 458 g/mol. The van der Waals surface area contributed by atoms with Crippen LogP contribution in [0.25, 0.3) is 0 Å². The summed E-state index contributed by atoms with van der Waals surface area (Å²) >= 11 is 0. The van der Waals surface area contributed by atoms with E-state index in [9.17, 15) is 4.79 Å². The van der Waals surface area contributed by atoms with Crippen LogP contribution in [0, 0.1) is 5.92 Å². The molecule has 2 atom stereocenters. The highest BCUT2D eigenvalue weighted by Gasteiger charge is 2.62. The molecule has 1 aromatic carbocycles. The number of benzene rings is 1. The van der Waals surface area contributed by atoms with Crippen molar-refractivity contribution < 1.29 is 28.5 Å². The van der Waals surface area contributed by atoms with Gasteiger partial charge in [0.2, 0.25) is 0 Å². The number of methoxy groups -OCH3 is 3. The average molecular weight is 459 g/mol. The molecule has 0 saturated carbocycles. The molecule has 180 valence electrons. The number of hydrogen-bond acceptors (Lipinski definition) is 7. The second-order valence-electron chi connectivity index (χ2n) is 8.54. The third-order valence-electron chi connectivity index (χ3n) is 5.75. The van der Waals surface area contributed by atoms with Crippen LogP contribution in [0.4, 0.5) is 0 Å². The van der Waals surface area contributed by atoms with Crippen LogP contribution in [-0.2, 0) is 32.0 Å². The van der Waals surface area contributed by atoms with E-state index in [2.05, 4.69) is 18.8 Å². The Hall–Kier alpha value is -2.68. The van der Waals surface area contributed by atoms with Gasteiger partial charge < -0.3 is 28.6 Å². The molecule has 3 rings (SSSR count). The zero-order valence-corrected chi connectivity index (χ0v) is 20.1. The molecule has 2 aromatic rings. The normalized spacial score (nSPS) is 20.1. The number of β-lactam (4-membered cyclic amide) rings is 1. The number of para-hydroxylation sites is 1. The second kappa shape index (κ2) is 11.4. The van der Waals surface area contributed by atoms with Gasteiger partial charge in [0.1, 0.15) is 31.6 Å². The zero-order valence-electron chi connectivity index (χ0n) is 20.1. The van der Waals surface area contributed by atoms with Crippen LogP contribution < -0.4 is 9.47 Å². The van der Waals surface area contributed by atoms with Gasteiger partial charge in [0, 0.05) is 44.2 Å². The van der Waals surface area contributed by atoms with Gasteiger partial charge in [-0.15, -0.1) is 0 Å². The van der Waals surface area contributed by atoms with Crippen molar-refractivity contribution in [2.24, 2.45) is 5.92 Å². The molecule has 33 heavy (non-hydrogen) atoms. The van der Waals surface area contributed by atoms with Gasteiger partial charge in [-0.05, 0) is 24.5 Å². The van der Waals surface area contributed by atoms with Gasteiger partial charge in [-0.1, -0.05) is 32.0 Å². The molecule has 0 N–H and O–H groups in total. The van der Waals surface area contributed by atoms with Crippen molar-refractivity contribution in [1.29, 1.82) is 0 Å². The van der Waals surface area contributed by atoms with Gasteiger partial charge in [0.05, 0.1) is 13.2 Å². The molecule has 1 saturated heterocycles. The first-order chi connectivity index (χ1) is 15.9. The summed E-state index contributed by atoms with van der Waals surface area (Å²) in [6.45, 7) is 4.85. The predicted molar refractivity (Wildman–Crippen MR) is 123 cm³/mol. The molecule has 1 aromatic heterocycles. The lowest BCUT2D eigenvalue weighted by atomic mass is 9.75. The summed E-state index contributed by atoms with van der Waals surface area (Å²) in [6, 6.07) is 11.2. The Morgan fingerprint density at radius 2 is 1.91 bits per heavy atom. The summed E-state index contributed by atoms with van der Waals surface area (Å²) in [6.07, 6.45) is 2.78. The Balaban J connectivity index is 1.80. The van der Waals surface area contributed by atoms with Crippen molar-refractivity contribution in [2.45, 2.75) is 44.9 Å². The number of nitrogens with zero attached hydrogens (tertiary/aromatic N) is 2. The summed E-state index contributed by atoms with van der Waals surface area (Å²) in [7, 11) is 4.77. The van der Waals surface area contributed by atoms with E-state index in [-0.39, 0.29) is 25.5 Å². The molecule has 2 heterocycles. The lowest BCUT2D eigenvalue weighted by Gasteiger charge is -2.55. The van der Waals surface area contributed by atoms with E-state index >= 15 is 0 Å². The maximum atomic E-state index is 13.2. The number of carbonyl (C=O) groups excluding carboxylic acids is 1. The summed E-state index contributed by atoms with van der Waals surface area (Å²) in [5.41, 5.74) is 0.607. The number of carbonyl (C=O) groups is 1. The maximum Gasteiger partial charge on any atom is 0.259 e. The summed E-state index contributed by atoms with van der Waals surface area (Å²) < 4.78 is 27.9. The van der Waals surface area contributed by atoms with Crippen LogP contribution in [0.2, 0.25) is 0 Å². The van der Waals surface area contributed by atoms with E-state index in [1.165, 1.54) is 0 Å². The smallest absolute Gasteiger partial charge is 0.259 e. The van der Waals surface area contributed by atoms with Gasteiger partial charge in [-0.3, -0.25) is 9.78 Å². The third kappa shape index (κ3) is 5.63. The lowest BCUT2D eigenvalue weighted by molar-refractivity contribution is -0.235. The molecule has 0 spiro atoms. The van der Waals surface area contributed by atoms with Crippen LogP contribution in [-0.4, -0.2) is 62.3 Å². The van der Waals surface area contributed by atoms with Gasteiger partial charge in [0.15, 0.2) is 5.60 Å². The van der Waals surface area contributed by atoms with Crippen LogP contribution in [0.1, 0.15) is 31.5 Å². The van der Waals surface area contributed by atoms with Crippen molar-refractivity contribution in [2.75, 3.05) is 34.9 Å². The molecule has 1 aliphatic rings. The van der Waals surface area contributed by atoms with Crippen molar-refractivity contribution in [3.05, 3.63) is 53.9 Å². The number of likely N-dealkylation sites (tertiary alicyclic amines) is 1. The minimum absolute atomic E-state index is 0.0190. The van der Waals surface area contributed by atoms with Gasteiger partial charge >= 0.3 is 0 Å². The lowest BCUT2D eigenvalue weighted by Crippen LogP contribution is -2.76. The van der Waals surface area contributed by atoms with Crippen LogP contribution >= 0.6 is 0 Å². The number of rotatable bonds is 13. The largest absolute Gasteiger partial charge is 0.496 e. The highest BCUT2D eigenvalue weighted by molar-refractivity contribution is 5.93. The molecule has 0 bridgehead atoms. The first kappa shape index (κ1) is 25.0. The SMILES string of the molecule is COCOC1(Cc2cc(OCc3ccccc3OC)ccn2)C(=O)N(COC)C1CC(C)C. The Morgan fingerprint density at radius 3 is 2.61 bits per heavy atom. The van der Waals surface area contributed by atoms with Gasteiger partial charge in [-0.25, -0.2) is 0 Å². The average Bonchev–Trinajstić information content (AvgIpc) is 2.83. The highest BCUT2D eigenvalue weighted by Crippen LogP contribution is 2.41. The fourth-order valence-electron chi connectivity index (χ4n) is 4.23. The highest BCUT2D eigenvalue weighted by atomic mass is 16.7. The number of aromatic nitrogens is 1. The molecule has 0 aliphatic carbocycles. The van der Waals surface area contributed by atoms with E-state index < -0.39 is 5.60 Å². The molecule has 1 aliphatic heterocycles. The van der Waals surface area contributed by atoms with E-state index in [1.807, 2.05) is 30.3 Å². The Labute approximate surface area is 195 Å². The van der Waals surface area contributed by atoms with E-state index in [4.69, 9.17) is 23.7 Å². The predicted octanol–water partition coefficient (Wildman–Crippen LogP) is 3.43. The Bertz CT molecular complexity index is 921. The quantitative estimate of drug-likeness (QED) is 0.336. The third-order valence-corrected chi connectivity index (χ3v) is 5.75. The van der Waals surface area contributed by atoms with Crippen molar-refractivity contribution >= 4 is 5.91 Å². The fourth-order valence-corrected chi connectivity index (χ4v) is 4.23. The summed E-state index contributed by atoms with van der Waals surface area (Å²) in [5.74, 6) is 1.69. The van der Waals surface area contributed by atoms with E-state index in [0.717, 1.165) is 17.7 Å². The fraction of sp³-hybridized carbons (Fsp3) is 0.520. The maximum absolute atomic E-state index is 13.2. The molecule has 2 unspecified atom stereocenters. The van der Waals surface area contributed by atoms with Gasteiger partial charge in [0.25, 0.3) is 5.91 Å². The Morgan fingerprint density at radius 1 is 1.12 bits per heavy atom. The van der Waals surface area contributed by atoms with E-state index in [0.29, 0.717) is 30.4 Å². The summed E-state index contributed by atoms with van der Waals surface area (Å²) in [4.78, 5) is 19.4.